The number of morpholine rings is 1. The fourth-order valence-corrected chi connectivity index (χ4v) is 3.13. The molecule has 24 heavy (non-hydrogen) atoms. The SMILES string of the molecule is CC1CN(C(=O)c2ccc(CNC3=NCCCN3)cc2)CC(C)O1. The molecule has 2 unspecified atom stereocenters. The van der Waals surface area contributed by atoms with Gasteiger partial charge in [0.2, 0.25) is 0 Å². The Kier molecular flexibility index (Phi) is 5.35. The van der Waals surface area contributed by atoms with Crippen molar-refractivity contribution in [1.82, 2.24) is 15.5 Å². The van der Waals surface area contributed by atoms with Crippen LogP contribution in [0.25, 0.3) is 0 Å². The van der Waals surface area contributed by atoms with Crippen LogP contribution in [0.5, 0.6) is 0 Å². The molecule has 130 valence electrons. The first-order chi connectivity index (χ1) is 11.6. The second kappa shape index (κ2) is 7.66. The molecular formula is C18H26N4O2. The van der Waals surface area contributed by atoms with Gasteiger partial charge in [-0.05, 0) is 38.0 Å². The molecule has 3 rings (SSSR count). The standard InChI is InChI=1S/C18H26N4O2/c1-13-11-22(12-14(2)24-13)17(23)16-6-4-15(5-7-16)10-21-18-19-8-3-9-20-18/h4-7,13-14H,3,8-12H2,1-2H3,(H2,19,20,21). The molecule has 0 saturated carbocycles. The van der Waals surface area contributed by atoms with Gasteiger partial charge in [-0.15, -0.1) is 0 Å². The zero-order valence-corrected chi connectivity index (χ0v) is 14.4. The van der Waals surface area contributed by atoms with Gasteiger partial charge in [0.25, 0.3) is 5.91 Å². The Hall–Kier alpha value is -2.08. The van der Waals surface area contributed by atoms with Crippen molar-refractivity contribution in [3.05, 3.63) is 35.4 Å². The van der Waals surface area contributed by atoms with Crippen LogP contribution < -0.4 is 10.6 Å². The van der Waals surface area contributed by atoms with Crippen LogP contribution in [0.2, 0.25) is 0 Å². The summed E-state index contributed by atoms with van der Waals surface area (Å²) in [6.07, 6.45) is 1.26. The molecule has 6 heteroatoms. The fourth-order valence-electron chi connectivity index (χ4n) is 3.13. The minimum atomic E-state index is 0.0785. The molecule has 0 aliphatic carbocycles. The Balaban J connectivity index is 1.57. The largest absolute Gasteiger partial charge is 0.372 e. The quantitative estimate of drug-likeness (QED) is 0.879. The average Bonchev–Trinajstić information content (AvgIpc) is 2.60. The van der Waals surface area contributed by atoms with Crippen molar-refractivity contribution in [2.45, 2.75) is 39.0 Å². The second-order valence-corrected chi connectivity index (χ2v) is 6.53. The summed E-state index contributed by atoms with van der Waals surface area (Å²) in [4.78, 5) is 18.9. The molecule has 2 N–H and O–H groups in total. The van der Waals surface area contributed by atoms with Gasteiger partial charge in [-0.25, -0.2) is 0 Å². The highest BCUT2D eigenvalue weighted by atomic mass is 16.5. The van der Waals surface area contributed by atoms with E-state index in [1.807, 2.05) is 43.0 Å². The Labute approximate surface area is 143 Å². The van der Waals surface area contributed by atoms with Crippen molar-refractivity contribution >= 4 is 11.9 Å². The van der Waals surface area contributed by atoms with Gasteiger partial charge in [-0.1, -0.05) is 12.1 Å². The minimum Gasteiger partial charge on any atom is -0.372 e. The Morgan fingerprint density at radius 2 is 2.00 bits per heavy atom. The maximum atomic E-state index is 12.6. The van der Waals surface area contributed by atoms with Gasteiger partial charge in [-0.2, -0.15) is 0 Å². The van der Waals surface area contributed by atoms with Crippen molar-refractivity contribution in [2.75, 3.05) is 26.2 Å². The molecule has 0 spiro atoms. The second-order valence-electron chi connectivity index (χ2n) is 6.53. The predicted molar refractivity (Wildman–Crippen MR) is 94.1 cm³/mol. The van der Waals surface area contributed by atoms with E-state index in [1.165, 1.54) is 0 Å². The molecule has 6 nitrogen and oxygen atoms in total. The van der Waals surface area contributed by atoms with Crippen molar-refractivity contribution in [2.24, 2.45) is 4.99 Å². The van der Waals surface area contributed by atoms with Crippen LogP contribution in [0.4, 0.5) is 0 Å². The summed E-state index contributed by atoms with van der Waals surface area (Å²) in [5.74, 6) is 0.938. The molecule has 1 amide bonds. The minimum absolute atomic E-state index is 0.0785. The molecule has 0 bridgehead atoms. The van der Waals surface area contributed by atoms with Crippen LogP contribution in [-0.2, 0) is 11.3 Å². The van der Waals surface area contributed by atoms with Gasteiger partial charge < -0.3 is 20.3 Å². The van der Waals surface area contributed by atoms with Gasteiger partial charge in [-0.3, -0.25) is 9.79 Å². The van der Waals surface area contributed by atoms with E-state index >= 15 is 0 Å². The highest BCUT2D eigenvalue weighted by Gasteiger charge is 2.26. The summed E-state index contributed by atoms with van der Waals surface area (Å²) < 4.78 is 5.69. The normalized spacial score (nSPS) is 24.1. The van der Waals surface area contributed by atoms with E-state index in [9.17, 15) is 4.79 Å². The first kappa shape index (κ1) is 16.8. The number of aliphatic imine (C=N–C) groups is 1. The number of benzene rings is 1. The monoisotopic (exact) mass is 330 g/mol. The Morgan fingerprint density at radius 1 is 1.29 bits per heavy atom. The first-order valence-corrected chi connectivity index (χ1v) is 8.67. The number of hydrogen-bond donors (Lipinski definition) is 2. The van der Waals surface area contributed by atoms with Crippen molar-refractivity contribution in [3.8, 4) is 0 Å². The molecular weight excluding hydrogens is 304 g/mol. The molecule has 2 heterocycles. The molecule has 0 aromatic heterocycles. The number of nitrogens with zero attached hydrogens (tertiary/aromatic N) is 2. The Morgan fingerprint density at radius 3 is 2.62 bits per heavy atom. The lowest BCUT2D eigenvalue weighted by Crippen LogP contribution is -2.48. The number of hydrogen-bond acceptors (Lipinski definition) is 5. The van der Waals surface area contributed by atoms with E-state index in [1.54, 1.807) is 0 Å². The third kappa shape index (κ3) is 4.26. The average molecular weight is 330 g/mol. The summed E-state index contributed by atoms with van der Waals surface area (Å²) in [6.45, 7) is 7.86. The number of amides is 1. The van der Waals surface area contributed by atoms with Gasteiger partial charge in [0, 0.05) is 38.3 Å². The molecule has 2 atom stereocenters. The first-order valence-electron chi connectivity index (χ1n) is 8.67. The van der Waals surface area contributed by atoms with Crippen LogP contribution in [-0.4, -0.2) is 55.2 Å². The van der Waals surface area contributed by atoms with Gasteiger partial charge in [0.05, 0.1) is 12.2 Å². The van der Waals surface area contributed by atoms with Crippen LogP contribution in [0, 0.1) is 0 Å². The summed E-state index contributed by atoms with van der Waals surface area (Å²) in [5, 5.41) is 6.52. The zero-order valence-electron chi connectivity index (χ0n) is 14.4. The van der Waals surface area contributed by atoms with E-state index in [4.69, 9.17) is 4.74 Å². The number of rotatable bonds is 3. The molecule has 1 aromatic rings. The highest BCUT2D eigenvalue weighted by molar-refractivity contribution is 5.94. The highest BCUT2D eigenvalue weighted by Crippen LogP contribution is 2.15. The number of carbonyl (C=O) groups is 1. The van der Waals surface area contributed by atoms with Gasteiger partial charge in [0.1, 0.15) is 0 Å². The van der Waals surface area contributed by atoms with E-state index in [0.717, 1.165) is 36.6 Å². The van der Waals surface area contributed by atoms with Gasteiger partial charge in [0.15, 0.2) is 5.96 Å². The number of carbonyl (C=O) groups excluding carboxylic acids is 1. The maximum Gasteiger partial charge on any atom is 0.254 e. The van der Waals surface area contributed by atoms with Crippen LogP contribution in [0.1, 0.15) is 36.2 Å². The summed E-state index contributed by atoms with van der Waals surface area (Å²) in [6, 6.07) is 7.80. The molecule has 2 aliphatic rings. The number of ether oxygens (including phenoxy) is 1. The van der Waals surface area contributed by atoms with Crippen LogP contribution in [0.3, 0.4) is 0 Å². The zero-order chi connectivity index (χ0) is 16.9. The van der Waals surface area contributed by atoms with Crippen LogP contribution in [0.15, 0.2) is 29.3 Å². The van der Waals surface area contributed by atoms with E-state index in [2.05, 4.69) is 15.6 Å². The van der Waals surface area contributed by atoms with Crippen molar-refractivity contribution in [1.29, 1.82) is 0 Å². The van der Waals surface area contributed by atoms with Crippen molar-refractivity contribution in [3.63, 3.8) is 0 Å². The van der Waals surface area contributed by atoms with Crippen LogP contribution >= 0.6 is 0 Å². The molecule has 1 aromatic carbocycles. The molecule has 2 aliphatic heterocycles. The molecule has 0 radical (unpaired) electrons. The number of guanidine groups is 1. The maximum absolute atomic E-state index is 12.6. The molecule has 1 fully saturated rings. The summed E-state index contributed by atoms with van der Waals surface area (Å²) in [7, 11) is 0. The lowest BCUT2D eigenvalue weighted by atomic mass is 10.1. The third-order valence-electron chi connectivity index (χ3n) is 4.26. The fraction of sp³-hybridized carbons (Fsp3) is 0.556. The Bertz CT molecular complexity index is 590. The number of nitrogens with one attached hydrogen (secondary N) is 2. The van der Waals surface area contributed by atoms with Crippen molar-refractivity contribution < 1.29 is 9.53 Å². The summed E-state index contributed by atoms with van der Waals surface area (Å²) >= 11 is 0. The lowest BCUT2D eigenvalue weighted by molar-refractivity contribution is -0.0586. The van der Waals surface area contributed by atoms with E-state index in [0.29, 0.717) is 19.6 Å². The summed E-state index contributed by atoms with van der Waals surface area (Å²) in [5.41, 5.74) is 1.86. The topological polar surface area (TPSA) is 66.0 Å². The smallest absolute Gasteiger partial charge is 0.254 e. The van der Waals surface area contributed by atoms with E-state index < -0.39 is 0 Å². The lowest BCUT2D eigenvalue weighted by Gasteiger charge is -2.35. The predicted octanol–water partition coefficient (Wildman–Crippen LogP) is 1.37. The van der Waals surface area contributed by atoms with E-state index in [-0.39, 0.29) is 18.1 Å². The molecule has 1 saturated heterocycles. The third-order valence-corrected chi connectivity index (χ3v) is 4.26. The van der Waals surface area contributed by atoms with Gasteiger partial charge >= 0.3 is 0 Å².